The molecule has 2 atom stereocenters. The minimum Gasteiger partial charge on any atom is -0.374 e. The van der Waals surface area contributed by atoms with E-state index in [4.69, 9.17) is 4.74 Å². The molecular formula is C11H20O. The van der Waals surface area contributed by atoms with Crippen molar-refractivity contribution < 1.29 is 4.74 Å². The summed E-state index contributed by atoms with van der Waals surface area (Å²) in [6.45, 7) is 7.08. The van der Waals surface area contributed by atoms with Gasteiger partial charge >= 0.3 is 0 Å². The fraction of sp³-hybridized carbons (Fsp3) is 1.00. The number of hydrogen-bond acceptors (Lipinski definition) is 1. The predicted octanol–water partition coefficient (Wildman–Crippen LogP) is 2.99. The van der Waals surface area contributed by atoms with Gasteiger partial charge in [-0.3, -0.25) is 0 Å². The molecule has 0 heterocycles. The summed E-state index contributed by atoms with van der Waals surface area (Å²) in [7, 11) is 0. The monoisotopic (exact) mass is 168 g/mol. The van der Waals surface area contributed by atoms with E-state index in [1.807, 2.05) is 0 Å². The van der Waals surface area contributed by atoms with Crippen LogP contribution in [0.5, 0.6) is 0 Å². The van der Waals surface area contributed by atoms with Gasteiger partial charge in [0.1, 0.15) is 0 Å². The maximum absolute atomic E-state index is 6.01. The Hall–Kier alpha value is -0.0400. The minimum atomic E-state index is 0.419. The molecule has 0 aliphatic heterocycles. The van der Waals surface area contributed by atoms with Crippen LogP contribution >= 0.6 is 0 Å². The highest BCUT2D eigenvalue weighted by Crippen LogP contribution is 2.46. The largest absolute Gasteiger partial charge is 0.374 e. The van der Waals surface area contributed by atoms with Crippen LogP contribution in [0.3, 0.4) is 0 Å². The molecule has 2 rings (SSSR count). The van der Waals surface area contributed by atoms with Gasteiger partial charge in [0.05, 0.1) is 12.2 Å². The molecule has 0 amide bonds. The summed E-state index contributed by atoms with van der Waals surface area (Å²) in [6.07, 6.45) is 6.41. The van der Waals surface area contributed by atoms with Gasteiger partial charge < -0.3 is 4.74 Å². The first kappa shape index (κ1) is 8.55. The molecule has 0 spiro atoms. The lowest BCUT2D eigenvalue weighted by molar-refractivity contribution is -0.0272. The van der Waals surface area contributed by atoms with Gasteiger partial charge in [0, 0.05) is 0 Å². The third kappa shape index (κ3) is 1.39. The first-order valence-corrected chi connectivity index (χ1v) is 5.26. The van der Waals surface area contributed by atoms with Gasteiger partial charge in [0.15, 0.2) is 0 Å². The Morgan fingerprint density at radius 1 is 1.08 bits per heavy atom. The lowest BCUT2D eigenvalue weighted by Gasteiger charge is -2.31. The van der Waals surface area contributed by atoms with E-state index in [0.29, 0.717) is 17.6 Å². The van der Waals surface area contributed by atoms with Gasteiger partial charge in [0.2, 0.25) is 0 Å². The van der Waals surface area contributed by atoms with Crippen LogP contribution in [0.1, 0.15) is 46.5 Å². The molecule has 2 saturated carbocycles. The summed E-state index contributed by atoms with van der Waals surface area (Å²) in [5, 5.41) is 0. The van der Waals surface area contributed by atoms with Crippen LogP contribution in [-0.4, -0.2) is 12.2 Å². The number of hydrogen-bond donors (Lipinski definition) is 0. The molecule has 0 aromatic carbocycles. The molecular weight excluding hydrogens is 148 g/mol. The zero-order chi connectivity index (χ0) is 8.77. The third-order valence-corrected chi connectivity index (χ3v) is 3.84. The first-order chi connectivity index (χ1) is 5.60. The molecule has 2 aliphatic rings. The Morgan fingerprint density at radius 3 is 2.17 bits per heavy atom. The second-order valence-electron chi connectivity index (χ2n) is 5.12. The molecule has 0 N–H and O–H groups in total. The van der Waals surface area contributed by atoms with Gasteiger partial charge in [0.25, 0.3) is 0 Å². The van der Waals surface area contributed by atoms with Gasteiger partial charge in [-0.25, -0.2) is 0 Å². The van der Waals surface area contributed by atoms with Crippen LogP contribution in [0.4, 0.5) is 0 Å². The number of rotatable bonds is 2. The maximum Gasteiger partial charge on any atom is 0.0632 e. The molecule has 2 unspecified atom stereocenters. The summed E-state index contributed by atoms with van der Waals surface area (Å²) >= 11 is 0. The van der Waals surface area contributed by atoms with Crippen LogP contribution in [0.2, 0.25) is 0 Å². The van der Waals surface area contributed by atoms with Crippen molar-refractivity contribution in [2.75, 3.05) is 0 Å². The van der Waals surface area contributed by atoms with Gasteiger partial charge in [-0.05, 0) is 37.0 Å². The smallest absolute Gasteiger partial charge is 0.0632 e. The predicted molar refractivity (Wildman–Crippen MR) is 50.1 cm³/mol. The molecule has 0 aromatic rings. The summed E-state index contributed by atoms with van der Waals surface area (Å²) in [5.74, 6) is 0.834. The van der Waals surface area contributed by atoms with Gasteiger partial charge in [-0.1, -0.05) is 20.8 Å². The van der Waals surface area contributed by atoms with Gasteiger partial charge in [-0.15, -0.1) is 0 Å². The molecule has 0 aromatic heterocycles. The molecule has 2 aliphatic carbocycles. The average molecular weight is 168 g/mol. The number of ether oxygens (including phenoxy) is 1. The second-order valence-corrected chi connectivity index (χ2v) is 5.12. The zero-order valence-corrected chi connectivity index (χ0v) is 8.47. The maximum atomic E-state index is 6.01. The van der Waals surface area contributed by atoms with Crippen molar-refractivity contribution in [3.63, 3.8) is 0 Å². The van der Waals surface area contributed by atoms with Crippen molar-refractivity contribution in [3.05, 3.63) is 0 Å². The molecule has 0 saturated heterocycles. The second kappa shape index (κ2) is 2.73. The molecule has 70 valence electrons. The zero-order valence-electron chi connectivity index (χ0n) is 8.47. The highest BCUT2D eigenvalue weighted by Gasteiger charge is 2.43. The van der Waals surface area contributed by atoms with Crippen molar-refractivity contribution in [3.8, 4) is 0 Å². The van der Waals surface area contributed by atoms with E-state index < -0.39 is 0 Å². The van der Waals surface area contributed by atoms with E-state index in [-0.39, 0.29) is 0 Å². The molecule has 0 bridgehead atoms. The Kier molecular flexibility index (Phi) is 1.95. The van der Waals surface area contributed by atoms with Crippen molar-refractivity contribution >= 4 is 0 Å². The van der Waals surface area contributed by atoms with E-state index in [9.17, 15) is 0 Å². The fourth-order valence-corrected chi connectivity index (χ4v) is 2.14. The standard InChI is InChI=1S/C11H20O/c1-8-4-7-10(11(8,2)3)12-9-5-6-9/h8-10H,4-7H2,1-3H3. The Labute approximate surface area is 75.5 Å². The van der Waals surface area contributed by atoms with Crippen LogP contribution in [0, 0.1) is 11.3 Å². The van der Waals surface area contributed by atoms with Crippen LogP contribution in [0.25, 0.3) is 0 Å². The highest BCUT2D eigenvalue weighted by atomic mass is 16.5. The van der Waals surface area contributed by atoms with E-state index in [0.717, 1.165) is 5.92 Å². The topological polar surface area (TPSA) is 9.23 Å². The Balaban J connectivity index is 1.96. The van der Waals surface area contributed by atoms with Crippen LogP contribution in [-0.2, 0) is 4.74 Å². The lowest BCUT2D eigenvalue weighted by Crippen LogP contribution is -2.30. The SMILES string of the molecule is CC1CCC(OC2CC2)C1(C)C. The van der Waals surface area contributed by atoms with Crippen LogP contribution in [0.15, 0.2) is 0 Å². The van der Waals surface area contributed by atoms with Crippen molar-refractivity contribution in [2.45, 2.75) is 58.7 Å². The molecule has 1 heteroatoms. The highest BCUT2D eigenvalue weighted by molar-refractivity contribution is 4.92. The van der Waals surface area contributed by atoms with E-state index in [1.54, 1.807) is 0 Å². The summed E-state index contributed by atoms with van der Waals surface area (Å²) < 4.78 is 6.01. The first-order valence-electron chi connectivity index (χ1n) is 5.26. The Morgan fingerprint density at radius 2 is 1.75 bits per heavy atom. The molecule has 12 heavy (non-hydrogen) atoms. The van der Waals surface area contributed by atoms with Crippen molar-refractivity contribution in [1.29, 1.82) is 0 Å². The quantitative estimate of drug-likeness (QED) is 0.616. The van der Waals surface area contributed by atoms with Crippen LogP contribution < -0.4 is 0 Å². The fourth-order valence-electron chi connectivity index (χ4n) is 2.14. The van der Waals surface area contributed by atoms with E-state index in [1.165, 1.54) is 25.7 Å². The minimum absolute atomic E-state index is 0.419. The Bertz CT molecular complexity index is 170. The van der Waals surface area contributed by atoms with E-state index in [2.05, 4.69) is 20.8 Å². The van der Waals surface area contributed by atoms with Gasteiger partial charge in [-0.2, -0.15) is 0 Å². The molecule has 0 radical (unpaired) electrons. The molecule has 2 fully saturated rings. The van der Waals surface area contributed by atoms with E-state index >= 15 is 0 Å². The summed E-state index contributed by atoms with van der Waals surface area (Å²) in [6, 6.07) is 0. The van der Waals surface area contributed by atoms with Crippen molar-refractivity contribution in [1.82, 2.24) is 0 Å². The van der Waals surface area contributed by atoms with Crippen molar-refractivity contribution in [2.24, 2.45) is 11.3 Å². The third-order valence-electron chi connectivity index (χ3n) is 3.84. The lowest BCUT2D eigenvalue weighted by atomic mass is 9.81. The summed E-state index contributed by atoms with van der Waals surface area (Å²) in [4.78, 5) is 0. The normalized spacial score (nSPS) is 40.2. The average Bonchev–Trinajstić information content (AvgIpc) is 2.75. The molecule has 1 nitrogen and oxygen atoms in total. The summed E-state index contributed by atoms with van der Waals surface area (Å²) in [5.41, 5.74) is 0.419.